The number of nitrogen functional groups attached to an aromatic ring is 1. The summed E-state index contributed by atoms with van der Waals surface area (Å²) < 4.78 is 0. The fourth-order valence-corrected chi connectivity index (χ4v) is 1.03. The Morgan fingerprint density at radius 1 is 1.44 bits per heavy atom. The standard InChI is InChI=1S/C8H14N4O4/c9-6-1-5(11-12-6)7(16)10-8(2-13,3-14)4-15/h1,13-15H,2-4H2,(H,10,16)(H3,9,11,12). The summed E-state index contributed by atoms with van der Waals surface area (Å²) in [7, 11) is 0. The van der Waals surface area contributed by atoms with Crippen LogP contribution in [0, 0.1) is 0 Å². The molecule has 1 amide bonds. The van der Waals surface area contributed by atoms with Crippen LogP contribution in [-0.2, 0) is 0 Å². The van der Waals surface area contributed by atoms with E-state index in [2.05, 4.69) is 15.5 Å². The minimum Gasteiger partial charge on any atom is -0.394 e. The van der Waals surface area contributed by atoms with Crippen LogP contribution in [0.25, 0.3) is 0 Å². The Morgan fingerprint density at radius 3 is 2.38 bits per heavy atom. The Balaban J connectivity index is 2.76. The average molecular weight is 230 g/mol. The number of aromatic amines is 1. The van der Waals surface area contributed by atoms with Gasteiger partial charge >= 0.3 is 0 Å². The maximum Gasteiger partial charge on any atom is 0.270 e. The van der Waals surface area contributed by atoms with Crippen molar-refractivity contribution in [2.45, 2.75) is 5.54 Å². The fourth-order valence-electron chi connectivity index (χ4n) is 1.03. The predicted octanol–water partition coefficient (Wildman–Crippen LogP) is -2.56. The number of amides is 1. The number of H-pyrrole nitrogens is 1. The van der Waals surface area contributed by atoms with Gasteiger partial charge in [0.25, 0.3) is 5.91 Å². The van der Waals surface area contributed by atoms with E-state index in [1.165, 1.54) is 6.07 Å². The number of rotatable bonds is 5. The summed E-state index contributed by atoms with van der Waals surface area (Å²) in [6.07, 6.45) is 0. The molecule has 7 N–H and O–H groups in total. The molecule has 16 heavy (non-hydrogen) atoms. The van der Waals surface area contributed by atoms with Crippen LogP contribution in [0.5, 0.6) is 0 Å². The molecule has 0 aliphatic heterocycles. The second kappa shape index (κ2) is 4.92. The Labute approximate surface area is 91.1 Å². The van der Waals surface area contributed by atoms with Gasteiger partial charge in [-0.15, -0.1) is 0 Å². The summed E-state index contributed by atoms with van der Waals surface area (Å²) >= 11 is 0. The van der Waals surface area contributed by atoms with Gasteiger partial charge in [0, 0.05) is 6.07 Å². The van der Waals surface area contributed by atoms with Gasteiger partial charge in [-0.25, -0.2) is 0 Å². The van der Waals surface area contributed by atoms with E-state index >= 15 is 0 Å². The number of hydrogen-bond acceptors (Lipinski definition) is 6. The number of nitrogens with zero attached hydrogens (tertiary/aromatic N) is 1. The van der Waals surface area contributed by atoms with Crippen molar-refractivity contribution >= 4 is 11.7 Å². The number of carbonyl (C=O) groups excluding carboxylic acids is 1. The number of aliphatic hydroxyl groups is 3. The van der Waals surface area contributed by atoms with E-state index in [9.17, 15) is 4.79 Å². The first-order chi connectivity index (χ1) is 7.56. The van der Waals surface area contributed by atoms with Gasteiger partial charge < -0.3 is 26.4 Å². The Kier molecular flexibility index (Phi) is 3.82. The van der Waals surface area contributed by atoms with Gasteiger partial charge in [0.05, 0.1) is 19.8 Å². The lowest BCUT2D eigenvalue weighted by molar-refractivity contribution is 0.0373. The molecule has 1 aromatic rings. The third kappa shape index (κ3) is 2.48. The molecule has 0 aromatic carbocycles. The number of anilines is 1. The lowest BCUT2D eigenvalue weighted by Gasteiger charge is -2.28. The van der Waals surface area contributed by atoms with Crippen LogP contribution >= 0.6 is 0 Å². The maximum absolute atomic E-state index is 11.6. The highest BCUT2D eigenvalue weighted by atomic mass is 16.3. The normalized spacial score (nSPS) is 11.4. The smallest absolute Gasteiger partial charge is 0.270 e. The van der Waals surface area contributed by atoms with Crippen molar-refractivity contribution in [3.63, 3.8) is 0 Å². The molecule has 1 heterocycles. The Morgan fingerprint density at radius 2 is 2.00 bits per heavy atom. The summed E-state index contributed by atoms with van der Waals surface area (Å²) in [4.78, 5) is 11.6. The van der Waals surface area contributed by atoms with Gasteiger partial charge in [-0.3, -0.25) is 9.89 Å². The number of nitrogens with two attached hydrogens (primary N) is 1. The monoisotopic (exact) mass is 230 g/mol. The molecule has 0 saturated carbocycles. The molecule has 1 aromatic heterocycles. The van der Waals surface area contributed by atoms with Gasteiger partial charge in [0.15, 0.2) is 0 Å². The third-order valence-corrected chi connectivity index (χ3v) is 2.13. The molecule has 0 aliphatic carbocycles. The van der Waals surface area contributed by atoms with Crippen LogP contribution < -0.4 is 11.1 Å². The van der Waals surface area contributed by atoms with E-state index in [-0.39, 0.29) is 11.5 Å². The molecular weight excluding hydrogens is 216 g/mol. The molecule has 0 atom stereocenters. The highest BCUT2D eigenvalue weighted by Gasteiger charge is 2.30. The summed E-state index contributed by atoms with van der Waals surface area (Å²) in [5, 5.41) is 35.2. The molecule has 8 heteroatoms. The van der Waals surface area contributed by atoms with E-state index in [4.69, 9.17) is 21.1 Å². The zero-order chi connectivity index (χ0) is 12.2. The molecule has 0 radical (unpaired) electrons. The van der Waals surface area contributed by atoms with Crippen molar-refractivity contribution in [1.29, 1.82) is 0 Å². The van der Waals surface area contributed by atoms with Crippen LogP contribution in [0.2, 0.25) is 0 Å². The number of aliphatic hydroxyl groups excluding tert-OH is 3. The second-order valence-corrected chi connectivity index (χ2v) is 3.42. The molecule has 0 saturated heterocycles. The maximum atomic E-state index is 11.6. The van der Waals surface area contributed by atoms with E-state index in [1.807, 2.05) is 0 Å². The highest BCUT2D eigenvalue weighted by Crippen LogP contribution is 2.05. The molecular formula is C8H14N4O4. The Hall–Kier alpha value is -1.64. The van der Waals surface area contributed by atoms with Gasteiger partial charge in [0.2, 0.25) is 0 Å². The minimum atomic E-state index is -1.46. The zero-order valence-electron chi connectivity index (χ0n) is 8.47. The summed E-state index contributed by atoms with van der Waals surface area (Å²) in [6, 6.07) is 1.30. The van der Waals surface area contributed by atoms with Gasteiger partial charge in [-0.1, -0.05) is 0 Å². The molecule has 0 unspecified atom stereocenters. The molecule has 1 rings (SSSR count). The van der Waals surface area contributed by atoms with Crippen molar-refractivity contribution in [2.24, 2.45) is 0 Å². The van der Waals surface area contributed by atoms with Gasteiger partial charge in [0.1, 0.15) is 17.1 Å². The fraction of sp³-hybridized carbons (Fsp3) is 0.500. The summed E-state index contributed by atoms with van der Waals surface area (Å²) in [6.45, 7) is -1.76. The zero-order valence-corrected chi connectivity index (χ0v) is 8.47. The van der Waals surface area contributed by atoms with Gasteiger partial charge in [-0.2, -0.15) is 5.10 Å². The lowest BCUT2D eigenvalue weighted by atomic mass is 10.0. The number of hydrogen-bond donors (Lipinski definition) is 6. The first-order valence-electron chi connectivity index (χ1n) is 4.53. The average Bonchev–Trinajstić information content (AvgIpc) is 2.73. The van der Waals surface area contributed by atoms with E-state index < -0.39 is 31.3 Å². The molecule has 90 valence electrons. The van der Waals surface area contributed by atoms with E-state index in [0.717, 1.165) is 0 Å². The third-order valence-electron chi connectivity index (χ3n) is 2.13. The quantitative estimate of drug-likeness (QED) is 0.328. The summed E-state index contributed by atoms with van der Waals surface area (Å²) in [5.74, 6) is -0.478. The van der Waals surface area contributed by atoms with E-state index in [1.54, 1.807) is 0 Å². The Bertz CT molecular complexity index is 352. The minimum absolute atomic E-state index is 0.0808. The first kappa shape index (κ1) is 12.4. The predicted molar refractivity (Wildman–Crippen MR) is 54.5 cm³/mol. The topological polar surface area (TPSA) is 144 Å². The summed E-state index contributed by atoms with van der Waals surface area (Å²) in [5.41, 5.74) is 3.93. The number of carbonyl (C=O) groups is 1. The van der Waals surface area contributed by atoms with Gasteiger partial charge in [-0.05, 0) is 0 Å². The molecule has 0 bridgehead atoms. The van der Waals surface area contributed by atoms with Crippen LogP contribution in [0.4, 0.5) is 5.82 Å². The van der Waals surface area contributed by atoms with Crippen molar-refractivity contribution in [3.8, 4) is 0 Å². The lowest BCUT2D eigenvalue weighted by Crippen LogP contribution is -2.57. The number of aromatic nitrogens is 2. The molecule has 0 fully saturated rings. The van der Waals surface area contributed by atoms with Crippen LogP contribution in [0.1, 0.15) is 10.5 Å². The van der Waals surface area contributed by atoms with Crippen LogP contribution in [0.15, 0.2) is 6.07 Å². The van der Waals surface area contributed by atoms with Crippen LogP contribution in [-0.4, -0.2) is 56.8 Å². The largest absolute Gasteiger partial charge is 0.394 e. The molecule has 8 nitrogen and oxygen atoms in total. The van der Waals surface area contributed by atoms with E-state index in [0.29, 0.717) is 0 Å². The highest BCUT2D eigenvalue weighted by molar-refractivity contribution is 5.93. The number of nitrogens with one attached hydrogen (secondary N) is 2. The first-order valence-corrected chi connectivity index (χ1v) is 4.53. The van der Waals surface area contributed by atoms with Crippen molar-refractivity contribution in [2.75, 3.05) is 25.6 Å². The SMILES string of the molecule is Nc1cc(C(=O)NC(CO)(CO)CO)[nH]n1. The molecule has 0 aliphatic rings. The van der Waals surface area contributed by atoms with Crippen molar-refractivity contribution in [1.82, 2.24) is 15.5 Å². The van der Waals surface area contributed by atoms with Crippen molar-refractivity contribution in [3.05, 3.63) is 11.8 Å². The van der Waals surface area contributed by atoms with Crippen molar-refractivity contribution < 1.29 is 20.1 Å². The second-order valence-electron chi connectivity index (χ2n) is 3.42. The van der Waals surface area contributed by atoms with Crippen LogP contribution in [0.3, 0.4) is 0 Å². The molecule has 0 spiro atoms.